The number of carboxylic acids is 1. The normalized spacial score (nSPS) is 24.2. The van der Waals surface area contributed by atoms with Crippen LogP contribution in [-0.4, -0.2) is 71.3 Å². The van der Waals surface area contributed by atoms with Gasteiger partial charge in [-0.15, -0.1) is 0 Å². The molecule has 1 saturated heterocycles. The molecule has 4 atom stereocenters. The maximum Gasteiger partial charge on any atom is 0.410 e. The van der Waals surface area contributed by atoms with E-state index in [9.17, 15) is 19.1 Å². The van der Waals surface area contributed by atoms with Gasteiger partial charge in [-0.3, -0.25) is 4.79 Å². The second-order valence-corrected chi connectivity index (χ2v) is 13.2. The molecule has 8 heteroatoms. The van der Waals surface area contributed by atoms with E-state index in [0.29, 0.717) is 18.4 Å². The summed E-state index contributed by atoms with van der Waals surface area (Å²) < 4.78 is 18.9. The average Bonchev–Trinajstić information content (AvgIpc) is 3.45. The van der Waals surface area contributed by atoms with Gasteiger partial charge in [0, 0.05) is 38.3 Å². The minimum Gasteiger partial charge on any atom is -0.480 e. The van der Waals surface area contributed by atoms with E-state index >= 15 is 0 Å². The first-order valence-corrected chi connectivity index (χ1v) is 16.8. The number of amides is 1. The largest absolute Gasteiger partial charge is 0.480 e. The molecule has 1 amide bonds. The summed E-state index contributed by atoms with van der Waals surface area (Å²) in [6.07, 6.45) is 9.80. The molecule has 2 N–H and O–H groups in total. The minimum absolute atomic E-state index is 0.138. The van der Waals surface area contributed by atoms with Crippen molar-refractivity contribution in [1.82, 2.24) is 15.1 Å². The summed E-state index contributed by atoms with van der Waals surface area (Å²) in [6, 6.07) is 16.7. The molecule has 7 nitrogen and oxygen atoms in total. The fourth-order valence-corrected chi connectivity index (χ4v) is 7.92. The van der Waals surface area contributed by atoms with Crippen LogP contribution < -0.4 is 5.32 Å². The molecule has 5 rings (SSSR count). The molecule has 44 heavy (non-hydrogen) atoms. The quantitative estimate of drug-likeness (QED) is 0.276. The number of carbonyl (C=O) groups is 2. The first-order valence-electron chi connectivity index (χ1n) is 16.8. The molecular formula is C36H50FN3O4. The Labute approximate surface area is 262 Å². The van der Waals surface area contributed by atoms with Crippen molar-refractivity contribution in [3.8, 4) is 0 Å². The van der Waals surface area contributed by atoms with E-state index in [0.717, 1.165) is 83.0 Å². The topological polar surface area (TPSA) is 82.1 Å². The Hall–Kier alpha value is -2.97. The fraction of sp³-hybridized carbons (Fsp3) is 0.611. The van der Waals surface area contributed by atoms with E-state index in [4.69, 9.17) is 4.74 Å². The number of hydrogen-bond donors (Lipinski definition) is 2. The number of carbonyl (C=O) groups excluding carboxylic acids is 1. The highest BCUT2D eigenvalue weighted by Crippen LogP contribution is 2.41. The lowest BCUT2D eigenvalue weighted by Crippen LogP contribution is -2.49. The summed E-state index contributed by atoms with van der Waals surface area (Å²) >= 11 is 0. The van der Waals surface area contributed by atoms with Gasteiger partial charge in [-0.25, -0.2) is 9.18 Å². The fourth-order valence-electron chi connectivity index (χ4n) is 7.92. The average molecular weight is 608 g/mol. The summed E-state index contributed by atoms with van der Waals surface area (Å²) in [7, 11) is 0. The van der Waals surface area contributed by atoms with Crippen LogP contribution in [0.5, 0.6) is 0 Å². The predicted octanol–water partition coefficient (Wildman–Crippen LogP) is 6.82. The zero-order valence-corrected chi connectivity index (χ0v) is 26.2. The third kappa shape index (κ3) is 8.60. The standard InChI is InChI=1S/C36H50FN3O4/c1-2-19-40(36(43)44-25-26-13-15-30(37)16-14-26)32-17-20-39(21-18-32)24-29-22-31(23-33(29)27-9-5-3-6-10-27)38-34(35(41)42)28-11-7-4-8-12-28/h3,5-6,9-10,13-16,28-29,31-34,38H,2,4,7-8,11-12,17-25H2,1H3,(H,41,42)/t29-,31?,33-,34?/m1/s1. The summed E-state index contributed by atoms with van der Waals surface area (Å²) in [5.41, 5.74) is 2.12. The van der Waals surface area contributed by atoms with E-state index in [-0.39, 0.29) is 36.5 Å². The van der Waals surface area contributed by atoms with Crippen molar-refractivity contribution in [3.63, 3.8) is 0 Å². The lowest BCUT2D eigenvalue weighted by Gasteiger charge is -2.39. The molecule has 2 aliphatic carbocycles. The number of benzene rings is 2. The summed E-state index contributed by atoms with van der Waals surface area (Å²) in [5, 5.41) is 13.8. The van der Waals surface area contributed by atoms with E-state index in [2.05, 4.69) is 47.5 Å². The van der Waals surface area contributed by atoms with Crippen LogP contribution in [0.3, 0.4) is 0 Å². The van der Waals surface area contributed by atoms with Crippen LogP contribution in [0.2, 0.25) is 0 Å². The number of nitrogens with one attached hydrogen (secondary N) is 1. The van der Waals surface area contributed by atoms with Crippen molar-refractivity contribution in [2.45, 2.75) is 102 Å². The highest BCUT2D eigenvalue weighted by Gasteiger charge is 2.40. The second kappa shape index (κ2) is 15.8. The van der Waals surface area contributed by atoms with Gasteiger partial charge in [-0.1, -0.05) is 68.7 Å². The maximum absolute atomic E-state index is 13.2. The van der Waals surface area contributed by atoms with Gasteiger partial charge in [0.25, 0.3) is 0 Å². The first-order chi connectivity index (χ1) is 21.4. The van der Waals surface area contributed by atoms with Gasteiger partial charge in [-0.2, -0.15) is 0 Å². The molecule has 0 spiro atoms. The Balaban J connectivity index is 1.18. The highest BCUT2D eigenvalue weighted by molar-refractivity contribution is 5.74. The molecule has 1 heterocycles. The van der Waals surface area contributed by atoms with Gasteiger partial charge in [-0.05, 0) is 86.0 Å². The number of likely N-dealkylation sites (tertiary alicyclic amines) is 1. The molecule has 3 fully saturated rings. The monoisotopic (exact) mass is 607 g/mol. The zero-order valence-electron chi connectivity index (χ0n) is 26.2. The highest BCUT2D eigenvalue weighted by atomic mass is 19.1. The van der Waals surface area contributed by atoms with Crippen molar-refractivity contribution in [3.05, 3.63) is 71.5 Å². The van der Waals surface area contributed by atoms with Crippen LogP contribution in [0.15, 0.2) is 54.6 Å². The van der Waals surface area contributed by atoms with Crippen molar-refractivity contribution in [2.24, 2.45) is 11.8 Å². The summed E-state index contributed by atoms with van der Waals surface area (Å²) in [5.74, 6) is 0.0576. The van der Waals surface area contributed by atoms with Crippen LogP contribution >= 0.6 is 0 Å². The number of nitrogens with zero attached hydrogens (tertiary/aromatic N) is 2. The number of aliphatic carboxylic acids is 1. The molecule has 240 valence electrons. The van der Waals surface area contributed by atoms with Crippen molar-refractivity contribution < 1.29 is 23.8 Å². The van der Waals surface area contributed by atoms with Crippen LogP contribution in [0, 0.1) is 17.7 Å². The van der Waals surface area contributed by atoms with Gasteiger partial charge in [0.05, 0.1) is 0 Å². The Kier molecular flexibility index (Phi) is 11.7. The van der Waals surface area contributed by atoms with Crippen LogP contribution in [-0.2, 0) is 16.1 Å². The van der Waals surface area contributed by atoms with E-state index in [1.54, 1.807) is 12.1 Å². The Morgan fingerprint density at radius 1 is 1.00 bits per heavy atom. The third-order valence-electron chi connectivity index (χ3n) is 10.2. The Morgan fingerprint density at radius 3 is 2.36 bits per heavy atom. The van der Waals surface area contributed by atoms with Crippen molar-refractivity contribution in [1.29, 1.82) is 0 Å². The van der Waals surface area contributed by atoms with E-state index < -0.39 is 12.0 Å². The van der Waals surface area contributed by atoms with Gasteiger partial charge in [0.1, 0.15) is 18.5 Å². The van der Waals surface area contributed by atoms with Crippen LogP contribution in [0.4, 0.5) is 9.18 Å². The number of halogens is 1. The van der Waals surface area contributed by atoms with Gasteiger partial charge in [0.15, 0.2) is 0 Å². The van der Waals surface area contributed by atoms with Crippen LogP contribution in [0.1, 0.15) is 88.2 Å². The molecule has 2 aromatic carbocycles. The lowest BCUT2D eigenvalue weighted by molar-refractivity contribution is -0.141. The van der Waals surface area contributed by atoms with Crippen LogP contribution in [0.25, 0.3) is 0 Å². The predicted molar refractivity (Wildman–Crippen MR) is 170 cm³/mol. The Morgan fingerprint density at radius 2 is 1.70 bits per heavy atom. The summed E-state index contributed by atoms with van der Waals surface area (Å²) in [4.78, 5) is 29.8. The third-order valence-corrected chi connectivity index (χ3v) is 10.2. The van der Waals surface area contributed by atoms with E-state index in [1.165, 1.54) is 24.1 Å². The first kappa shape index (κ1) is 32.4. The lowest BCUT2D eigenvalue weighted by atomic mass is 9.83. The van der Waals surface area contributed by atoms with Crippen molar-refractivity contribution >= 4 is 12.1 Å². The van der Waals surface area contributed by atoms with Gasteiger partial charge >= 0.3 is 12.1 Å². The van der Waals surface area contributed by atoms with Crippen molar-refractivity contribution in [2.75, 3.05) is 26.2 Å². The second-order valence-electron chi connectivity index (χ2n) is 13.2. The number of ether oxygens (including phenoxy) is 1. The number of hydrogen-bond acceptors (Lipinski definition) is 5. The molecule has 2 saturated carbocycles. The molecule has 0 bridgehead atoms. The summed E-state index contributed by atoms with van der Waals surface area (Å²) in [6.45, 7) is 5.70. The molecule has 2 aromatic rings. The zero-order chi connectivity index (χ0) is 30.9. The molecule has 1 aliphatic heterocycles. The van der Waals surface area contributed by atoms with Gasteiger partial charge < -0.3 is 25.0 Å². The van der Waals surface area contributed by atoms with Gasteiger partial charge in [0.2, 0.25) is 0 Å². The number of rotatable bonds is 12. The smallest absolute Gasteiger partial charge is 0.410 e. The molecule has 3 aliphatic rings. The molecule has 0 aromatic heterocycles. The SMILES string of the molecule is CCCN(C(=O)OCc1ccc(F)cc1)C1CCN(C[C@H]2CC(NC(C(=O)O)C3CCCCC3)C[C@@H]2c2ccccc2)CC1. The number of carboxylic acid groups (broad SMARTS) is 1. The minimum atomic E-state index is -0.702. The molecular weight excluding hydrogens is 557 g/mol. The van der Waals surface area contributed by atoms with E-state index in [1.807, 2.05) is 4.90 Å². The molecule has 2 unspecified atom stereocenters. The number of piperidine rings is 1. The molecule has 0 radical (unpaired) electrons. The Bertz CT molecular complexity index is 1180. The maximum atomic E-state index is 13.2.